The number of carbonyl (C=O) groups excluding carboxylic acids is 1. The molecule has 0 aromatic heterocycles. The van der Waals surface area contributed by atoms with Crippen molar-refractivity contribution < 1.29 is 9.53 Å². The van der Waals surface area contributed by atoms with Crippen LogP contribution < -0.4 is 0 Å². The fourth-order valence-corrected chi connectivity index (χ4v) is 3.96. The first-order chi connectivity index (χ1) is 10.7. The van der Waals surface area contributed by atoms with E-state index in [4.69, 9.17) is 4.74 Å². The van der Waals surface area contributed by atoms with Crippen molar-refractivity contribution in [2.75, 3.05) is 52.4 Å². The molecule has 3 aliphatic heterocycles. The van der Waals surface area contributed by atoms with E-state index in [0.29, 0.717) is 24.6 Å². The standard InChI is InChI=1S/C17H31N3O2/c1-15-5-2-3-7-20(15)17(21)14-19-10-8-18(9-11-19)13-16-6-4-12-22-16/h15-16H,2-14H2,1H3. The van der Waals surface area contributed by atoms with Crippen LogP contribution in [0.25, 0.3) is 0 Å². The molecule has 2 unspecified atom stereocenters. The number of rotatable bonds is 4. The summed E-state index contributed by atoms with van der Waals surface area (Å²) >= 11 is 0. The minimum Gasteiger partial charge on any atom is -0.377 e. The Hall–Kier alpha value is -0.650. The molecule has 0 radical (unpaired) electrons. The van der Waals surface area contributed by atoms with E-state index in [0.717, 1.165) is 45.9 Å². The Balaban J connectivity index is 1.38. The number of hydrogen-bond donors (Lipinski definition) is 0. The van der Waals surface area contributed by atoms with Crippen molar-refractivity contribution in [1.29, 1.82) is 0 Å². The summed E-state index contributed by atoms with van der Waals surface area (Å²) in [5, 5.41) is 0. The number of carbonyl (C=O) groups is 1. The summed E-state index contributed by atoms with van der Waals surface area (Å²) < 4.78 is 5.72. The van der Waals surface area contributed by atoms with E-state index in [-0.39, 0.29) is 0 Å². The predicted octanol–water partition coefficient (Wildman–Crippen LogP) is 1.18. The third-order valence-electron chi connectivity index (χ3n) is 5.43. The highest BCUT2D eigenvalue weighted by atomic mass is 16.5. The second-order valence-corrected chi connectivity index (χ2v) is 7.14. The molecule has 2 atom stereocenters. The summed E-state index contributed by atoms with van der Waals surface area (Å²) in [6.45, 7) is 9.94. The molecule has 0 saturated carbocycles. The van der Waals surface area contributed by atoms with Crippen molar-refractivity contribution in [3.63, 3.8) is 0 Å². The van der Waals surface area contributed by atoms with Crippen LogP contribution in [-0.4, -0.2) is 85.2 Å². The number of ether oxygens (including phenoxy) is 1. The molecule has 5 nitrogen and oxygen atoms in total. The van der Waals surface area contributed by atoms with Gasteiger partial charge >= 0.3 is 0 Å². The first-order valence-electron chi connectivity index (χ1n) is 9.08. The van der Waals surface area contributed by atoms with Gasteiger partial charge in [-0.3, -0.25) is 14.6 Å². The first kappa shape index (κ1) is 16.2. The van der Waals surface area contributed by atoms with Crippen LogP contribution in [0.5, 0.6) is 0 Å². The molecule has 0 aromatic rings. The second-order valence-electron chi connectivity index (χ2n) is 7.14. The van der Waals surface area contributed by atoms with E-state index >= 15 is 0 Å². The van der Waals surface area contributed by atoms with E-state index in [1.807, 2.05) is 0 Å². The van der Waals surface area contributed by atoms with Crippen LogP contribution in [-0.2, 0) is 9.53 Å². The quantitative estimate of drug-likeness (QED) is 0.781. The Bertz CT molecular complexity index is 363. The molecule has 5 heteroatoms. The fourth-order valence-electron chi connectivity index (χ4n) is 3.96. The Morgan fingerprint density at radius 1 is 1.00 bits per heavy atom. The maximum Gasteiger partial charge on any atom is 0.236 e. The molecule has 0 bridgehead atoms. The first-order valence-corrected chi connectivity index (χ1v) is 9.08. The highest BCUT2D eigenvalue weighted by Gasteiger charge is 2.27. The van der Waals surface area contributed by atoms with E-state index in [1.165, 1.54) is 32.1 Å². The molecule has 3 fully saturated rings. The van der Waals surface area contributed by atoms with Gasteiger partial charge in [-0.2, -0.15) is 0 Å². The van der Waals surface area contributed by atoms with Gasteiger partial charge < -0.3 is 9.64 Å². The zero-order chi connectivity index (χ0) is 15.4. The highest BCUT2D eigenvalue weighted by Crippen LogP contribution is 2.17. The lowest BCUT2D eigenvalue weighted by atomic mass is 10.0. The number of hydrogen-bond acceptors (Lipinski definition) is 4. The fraction of sp³-hybridized carbons (Fsp3) is 0.941. The Morgan fingerprint density at radius 2 is 1.77 bits per heavy atom. The Morgan fingerprint density at radius 3 is 2.45 bits per heavy atom. The monoisotopic (exact) mass is 309 g/mol. The zero-order valence-corrected chi connectivity index (χ0v) is 14.0. The summed E-state index contributed by atoms with van der Waals surface area (Å²) in [5.41, 5.74) is 0. The lowest BCUT2D eigenvalue weighted by Gasteiger charge is -2.38. The number of piperazine rings is 1. The molecular formula is C17H31N3O2. The predicted molar refractivity (Wildman–Crippen MR) is 86.9 cm³/mol. The minimum absolute atomic E-state index is 0.333. The summed E-state index contributed by atoms with van der Waals surface area (Å²) in [5.74, 6) is 0.333. The smallest absolute Gasteiger partial charge is 0.236 e. The Labute approximate surface area is 134 Å². The largest absolute Gasteiger partial charge is 0.377 e. The normalized spacial score (nSPS) is 31.6. The van der Waals surface area contributed by atoms with Gasteiger partial charge in [-0.05, 0) is 39.0 Å². The van der Waals surface area contributed by atoms with Crippen LogP contribution >= 0.6 is 0 Å². The average molecular weight is 309 g/mol. The number of nitrogens with zero attached hydrogens (tertiary/aromatic N) is 3. The summed E-state index contributed by atoms with van der Waals surface area (Å²) in [7, 11) is 0. The van der Waals surface area contributed by atoms with Crippen LogP contribution in [0.2, 0.25) is 0 Å². The molecule has 126 valence electrons. The number of piperidine rings is 1. The topological polar surface area (TPSA) is 36.0 Å². The third kappa shape index (κ3) is 4.21. The van der Waals surface area contributed by atoms with Gasteiger partial charge in [0.2, 0.25) is 5.91 Å². The molecular weight excluding hydrogens is 278 g/mol. The molecule has 3 saturated heterocycles. The third-order valence-corrected chi connectivity index (χ3v) is 5.43. The van der Waals surface area contributed by atoms with Crippen molar-refractivity contribution in [2.45, 2.75) is 51.2 Å². The number of likely N-dealkylation sites (tertiary alicyclic amines) is 1. The van der Waals surface area contributed by atoms with E-state index < -0.39 is 0 Å². The molecule has 0 spiro atoms. The van der Waals surface area contributed by atoms with Crippen molar-refractivity contribution in [3.8, 4) is 0 Å². The van der Waals surface area contributed by atoms with Crippen LogP contribution in [0, 0.1) is 0 Å². The van der Waals surface area contributed by atoms with Gasteiger partial charge in [0.1, 0.15) is 0 Å². The molecule has 0 aliphatic carbocycles. The van der Waals surface area contributed by atoms with Gasteiger partial charge in [0.15, 0.2) is 0 Å². The van der Waals surface area contributed by atoms with Gasteiger partial charge in [-0.1, -0.05) is 0 Å². The van der Waals surface area contributed by atoms with Crippen molar-refractivity contribution in [3.05, 3.63) is 0 Å². The zero-order valence-electron chi connectivity index (χ0n) is 14.0. The lowest BCUT2D eigenvalue weighted by Crippen LogP contribution is -2.52. The summed E-state index contributed by atoms with van der Waals surface area (Å²) in [6, 6.07) is 0.432. The van der Waals surface area contributed by atoms with E-state index in [1.54, 1.807) is 0 Å². The highest BCUT2D eigenvalue weighted by molar-refractivity contribution is 5.78. The van der Waals surface area contributed by atoms with Gasteiger partial charge in [0.25, 0.3) is 0 Å². The Kier molecular flexibility index (Phi) is 5.71. The van der Waals surface area contributed by atoms with Gasteiger partial charge in [0, 0.05) is 51.9 Å². The molecule has 1 amide bonds. The number of amides is 1. The molecule has 3 aliphatic rings. The van der Waals surface area contributed by atoms with E-state index in [9.17, 15) is 4.79 Å². The molecule has 3 rings (SSSR count). The van der Waals surface area contributed by atoms with Gasteiger partial charge in [-0.25, -0.2) is 0 Å². The van der Waals surface area contributed by atoms with Gasteiger partial charge in [0.05, 0.1) is 12.6 Å². The van der Waals surface area contributed by atoms with Crippen LogP contribution in [0.3, 0.4) is 0 Å². The van der Waals surface area contributed by atoms with E-state index in [2.05, 4.69) is 21.6 Å². The maximum absolute atomic E-state index is 12.5. The molecule has 22 heavy (non-hydrogen) atoms. The lowest BCUT2D eigenvalue weighted by molar-refractivity contribution is -0.136. The average Bonchev–Trinajstić information content (AvgIpc) is 3.02. The van der Waals surface area contributed by atoms with Crippen molar-refractivity contribution in [1.82, 2.24) is 14.7 Å². The SMILES string of the molecule is CC1CCCCN1C(=O)CN1CCN(CC2CCCO2)CC1. The van der Waals surface area contributed by atoms with Crippen LogP contribution in [0.15, 0.2) is 0 Å². The van der Waals surface area contributed by atoms with Crippen LogP contribution in [0.4, 0.5) is 0 Å². The molecule has 0 aromatic carbocycles. The molecule has 3 heterocycles. The van der Waals surface area contributed by atoms with Crippen LogP contribution in [0.1, 0.15) is 39.0 Å². The van der Waals surface area contributed by atoms with Crippen molar-refractivity contribution >= 4 is 5.91 Å². The minimum atomic E-state index is 0.333. The second kappa shape index (κ2) is 7.75. The molecule has 0 N–H and O–H groups in total. The van der Waals surface area contributed by atoms with Gasteiger partial charge in [-0.15, -0.1) is 0 Å². The summed E-state index contributed by atoms with van der Waals surface area (Å²) in [6.07, 6.45) is 6.49. The maximum atomic E-state index is 12.5. The van der Waals surface area contributed by atoms with Crippen molar-refractivity contribution in [2.24, 2.45) is 0 Å². The summed E-state index contributed by atoms with van der Waals surface area (Å²) in [4.78, 5) is 19.4.